The zero-order valence-electron chi connectivity index (χ0n) is 11.8. The van der Waals surface area contributed by atoms with E-state index < -0.39 is 0 Å². The molecule has 2 rings (SSSR count). The van der Waals surface area contributed by atoms with Gasteiger partial charge in [0.15, 0.2) is 0 Å². The number of rotatable bonds is 4. The standard InChI is InChI=1S/C18H23N/c1-2-4-15-6-10-17(11-7-15)18-12-8-16(9-13-18)5-3-14-19/h3,5,8-9,12-13,15,17H,2,4,6-7,10-11H2,1H3. The molecule has 1 heteroatoms. The van der Waals surface area contributed by atoms with Gasteiger partial charge in [0.05, 0.1) is 6.07 Å². The lowest BCUT2D eigenvalue weighted by Gasteiger charge is -2.28. The second-order valence-electron chi connectivity index (χ2n) is 5.64. The van der Waals surface area contributed by atoms with E-state index in [4.69, 9.17) is 5.26 Å². The van der Waals surface area contributed by atoms with E-state index in [0.717, 1.165) is 17.4 Å². The van der Waals surface area contributed by atoms with Crippen molar-refractivity contribution in [3.05, 3.63) is 41.5 Å². The Labute approximate surface area is 117 Å². The second kappa shape index (κ2) is 7.14. The maximum Gasteiger partial charge on any atom is 0.0912 e. The van der Waals surface area contributed by atoms with Crippen LogP contribution >= 0.6 is 0 Å². The third kappa shape index (κ3) is 3.96. The van der Waals surface area contributed by atoms with Gasteiger partial charge in [-0.1, -0.05) is 44.0 Å². The van der Waals surface area contributed by atoms with Crippen LogP contribution < -0.4 is 0 Å². The molecule has 0 spiro atoms. The summed E-state index contributed by atoms with van der Waals surface area (Å²) in [5, 5.41) is 8.52. The maximum atomic E-state index is 8.52. The van der Waals surface area contributed by atoms with Crippen LogP contribution in [0.15, 0.2) is 30.3 Å². The Morgan fingerprint density at radius 1 is 1.16 bits per heavy atom. The highest BCUT2D eigenvalue weighted by Crippen LogP contribution is 2.37. The van der Waals surface area contributed by atoms with Crippen molar-refractivity contribution in [2.75, 3.05) is 0 Å². The van der Waals surface area contributed by atoms with E-state index in [9.17, 15) is 0 Å². The third-order valence-electron chi connectivity index (χ3n) is 4.30. The second-order valence-corrected chi connectivity index (χ2v) is 5.64. The molecule has 0 radical (unpaired) electrons. The predicted molar refractivity (Wildman–Crippen MR) is 80.7 cm³/mol. The Morgan fingerprint density at radius 3 is 2.42 bits per heavy atom. The molecule has 1 aromatic carbocycles. The molecule has 1 aromatic rings. The van der Waals surface area contributed by atoms with Crippen molar-refractivity contribution in [2.24, 2.45) is 5.92 Å². The van der Waals surface area contributed by atoms with Crippen LogP contribution in [0.4, 0.5) is 0 Å². The summed E-state index contributed by atoms with van der Waals surface area (Å²) in [6.45, 7) is 2.29. The molecule has 19 heavy (non-hydrogen) atoms. The van der Waals surface area contributed by atoms with Gasteiger partial charge in [0.1, 0.15) is 0 Å². The summed E-state index contributed by atoms with van der Waals surface area (Å²) < 4.78 is 0. The number of nitrogens with zero attached hydrogens (tertiary/aromatic N) is 1. The van der Waals surface area contributed by atoms with Crippen LogP contribution in [-0.2, 0) is 0 Å². The minimum atomic E-state index is 0.752. The molecule has 0 saturated heterocycles. The predicted octanol–water partition coefficient (Wildman–Crippen LogP) is 5.30. The smallest absolute Gasteiger partial charge is 0.0912 e. The molecule has 1 aliphatic rings. The fourth-order valence-corrected chi connectivity index (χ4v) is 3.21. The van der Waals surface area contributed by atoms with Crippen molar-refractivity contribution in [2.45, 2.75) is 51.4 Å². The molecule has 0 heterocycles. The first-order valence-corrected chi connectivity index (χ1v) is 7.49. The lowest BCUT2D eigenvalue weighted by molar-refractivity contribution is 0.308. The molecular weight excluding hydrogens is 230 g/mol. The van der Waals surface area contributed by atoms with Gasteiger partial charge in [0, 0.05) is 6.08 Å². The van der Waals surface area contributed by atoms with Crippen LogP contribution in [-0.4, -0.2) is 0 Å². The summed E-state index contributed by atoms with van der Waals surface area (Å²) in [4.78, 5) is 0. The Kier molecular flexibility index (Phi) is 5.21. The van der Waals surface area contributed by atoms with Crippen molar-refractivity contribution in [1.82, 2.24) is 0 Å². The van der Waals surface area contributed by atoms with Crippen molar-refractivity contribution in [3.63, 3.8) is 0 Å². The van der Waals surface area contributed by atoms with Gasteiger partial charge >= 0.3 is 0 Å². The van der Waals surface area contributed by atoms with E-state index >= 15 is 0 Å². The van der Waals surface area contributed by atoms with Crippen molar-refractivity contribution >= 4 is 6.08 Å². The number of nitriles is 1. The quantitative estimate of drug-likeness (QED) is 0.668. The lowest BCUT2D eigenvalue weighted by atomic mass is 9.77. The summed E-state index contributed by atoms with van der Waals surface area (Å²) in [5.74, 6) is 1.72. The van der Waals surface area contributed by atoms with Crippen molar-refractivity contribution < 1.29 is 0 Å². The number of benzene rings is 1. The SMILES string of the molecule is CCCC1CCC(c2ccc(C=CC#N)cc2)CC1. The first-order chi connectivity index (χ1) is 9.33. The van der Waals surface area contributed by atoms with Gasteiger partial charge in [0.25, 0.3) is 0 Å². The van der Waals surface area contributed by atoms with Crippen LogP contribution in [0.3, 0.4) is 0 Å². The minimum Gasteiger partial charge on any atom is -0.193 e. The molecule has 0 bridgehead atoms. The molecule has 1 saturated carbocycles. The Balaban J connectivity index is 1.93. The summed E-state index contributed by atoms with van der Waals surface area (Å²) in [5.41, 5.74) is 2.59. The summed E-state index contributed by atoms with van der Waals surface area (Å²) >= 11 is 0. The molecule has 1 fully saturated rings. The van der Waals surface area contributed by atoms with E-state index in [0.29, 0.717) is 0 Å². The monoisotopic (exact) mass is 253 g/mol. The van der Waals surface area contributed by atoms with Crippen LogP contribution in [0.2, 0.25) is 0 Å². The number of hydrogen-bond acceptors (Lipinski definition) is 1. The fraction of sp³-hybridized carbons (Fsp3) is 0.500. The van der Waals surface area contributed by atoms with Crippen LogP contribution in [0.1, 0.15) is 62.5 Å². The van der Waals surface area contributed by atoms with Crippen molar-refractivity contribution in [3.8, 4) is 6.07 Å². The normalized spacial score (nSPS) is 23.4. The summed E-state index contributed by atoms with van der Waals surface area (Å²) in [7, 11) is 0. The Morgan fingerprint density at radius 2 is 1.84 bits per heavy atom. The zero-order valence-corrected chi connectivity index (χ0v) is 11.8. The Hall–Kier alpha value is -1.55. The number of allylic oxidation sites excluding steroid dienone is 1. The molecule has 0 aromatic heterocycles. The largest absolute Gasteiger partial charge is 0.193 e. The van der Waals surface area contributed by atoms with Gasteiger partial charge in [-0.05, 0) is 54.7 Å². The van der Waals surface area contributed by atoms with Crippen LogP contribution in [0, 0.1) is 17.2 Å². The summed E-state index contributed by atoms with van der Waals surface area (Å²) in [6.07, 6.45) is 11.6. The lowest BCUT2D eigenvalue weighted by Crippen LogP contribution is -2.13. The maximum absolute atomic E-state index is 8.52. The highest BCUT2D eigenvalue weighted by molar-refractivity contribution is 5.52. The van der Waals surface area contributed by atoms with E-state index in [-0.39, 0.29) is 0 Å². The van der Waals surface area contributed by atoms with Crippen LogP contribution in [0.5, 0.6) is 0 Å². The van der Waals surface area contributed by atoms with Gasteiger partial charge in [-0.2, -0.15) is 5.26 Å². The molecule has 0 atom stereocenters. The highest BCUT2D eigenvalue weighted by Gasteiger charge is 2.21. The first-order valence-electron chi connectivity index (χ1n) is 7.49. The van der Waals surface area contributed by atoms with E-state index in [1.54, 1.807) is 0 Å². The molecule has 0 unspecified atom stereocenters. The molecule has 1 nitrogen and oxygen atoms in total. The topological polar surface area (TPSA) is 23.8 Å². The van der Waals surface area contributed by atoms with Gasteiger partial charge < -0.3 is 0 Å². The zero-order chi connectivity index (χ0) is 13.5. The minimum absolute atomic E-state index is 0.752. The fourth-order valence-electron chi connectivity index (χ4n) is 3.21. The number of hydrogen-bond donors (Lipinski definition) is 0. The van der Waals surface area contributed by atoms with Crippen LogP contribution in [0.25, 0.3) is 6.08 Å². The summed E-state index contributed by atoms with van der Waals surface area (Å²) in [6, 6.07) is 10.8. The van der Waals surface area contributed by atoms with Gasteiger partial charge in [-0.25, -0.2) is 0 Å². The molecule has 0 aliphatic heterocycles. The molecule has 1 aliphatic carbocycles. The van der Waals surface area contributed by atoms with E-state index in [1.807, 2.05) is 12.1 Å². The Bertz CT molecular complexity index is 442. The molecule has 0 amide bonds. The van der Waals surface area contributed by atoms with Gasteiger partial charge in [-0.15, -0.1) is 0 Å². The highest BCUT2D eigenvalue weighted by atomic mass is 14.3. The van der Waals surface area contributed by atoms with E-state index in [1.165, 1.54) is 50.2 Å². The average molecular weight is 253 g/mol. The molecular formula is C18H23N. The van der Waals surface area contributed by atoms with Crippen molar-refractivity contribution in [1.29, 1.82) is 5.26 Å². The third-order valence-corrected chi connectivity index (χ3v) is 4.30. The average Bonchev–Trinajstić information content (AvgIpc) is 2.47. The first kappa shape index (κ1) is 13.9. The van der Waals surface area contributed by atoms with Gasteiger partial charge in [-0.3, -0.25) is 0 Å². The van der Waals surface area contributed by atoms with Gasteiger partial charge in [0.2, 0.25) is 0 Å². The molecule has 100 valence electrons. The molecule has 0 N–H and O–H groups in total. The van der Waals surface area contributed by atoms with E-state index in [2.05, 4.69) is 31.2 Å².